The predicted octanol–water partition coefficient (Wildman–Crippen LogP) is 1.76. The lowest BCUT2D eigenvalue weighted by atomic mass is 10.2. The lowest BCUT2D eigenvalue weighted by molar-refractivity contribution is 1.37. The fourth-order valence-electron chi connectivity index (χ4n) is 1.48. The Balaban J connectivity index is 2.30. The van der Waals surface area contributed by atoms with E-state index in [1.165, 1.54) is 0 Å². The number of nitrogens with one attached hydrogen (secondary N) is 2. The van der Waals surface area contributed by atoms with Gasteiger partial charge in [-0.1, -0.05) is 6.07 Å². The van der Waals surface area contributed by atoms with E-state index in [0.717, 1.165) is 16.6 Å². The van der Waals surface area contributed by atoms with Gasteiger partial charge in [-0.2, -0.15) is 0 Å². The van der Waals surface area contributed by atoms with Gasteiger partial charge in [0, 0.05) is 17.3 Å². The van der Waals surface area contributed by atoms with Gasteiger partial charge in [0.25, 0.3) is 0 Å². The molecule has 0 radical (unpaired) electrons. The van der Waals surface area contributed by atoms with Gasteiger partial charge in [0.05, 0.1) is 5.52 Å². The minimum Gasteiger partial charge on any atom is -0.376 e. The average molecular weight is 262 g/mol. The molecule has 0 saturated carbocycles. The van der Waals surface area contributed by atoms with Crippen LogP contribution in [0.3, 0.4) is 0 Å². The Hall–Kier alpha value is -1.79. The van der Waals surface area contributed by atoms with Crippen LogP contribution in [0.4, 0.5) is 5.69 Å². The Morgan fingerprint density at radius 1 is 1.18 bits per heavy atom. The molecule has 2 aromatic rings. The number of rotatable bonds is 1. The Morgan fingerprint density at radius 3 is 2.76 bits per heavy atom. The van der Waals surface area contributed by atoms with E-state index in [1.54, 1.807) is 6.20 Å². The third-order valence-corrected chi connectivity index (χ3v) is 2.44. The second-order valence-corrected chi connectivity index (χ2v) is 4.17. The van der Waals surface area contributed by atoms with Crippen molar-refractivity contribution in [2.75, 3.05) is 5.32 Å². The molecule has 17 heavy (non-hydrogen) atoms. The number of hydrogen-bond donors (Lipinski definition) is 3. The van der Waals surface area contributed by atoms with Gasteiger partial charge in [-0.15, -0.1) is 0 Å². The van der Waals surface area contributed by atoms with Crippen molar-refractivity contribution in [2.45, 2.75) is 0 Å². The molecular formula is C11H10N4S2. The summed E-state index contributed by atoms with van der Waals surface area (Å²) in [6.45, 7) is 0. The molecule has 86 valence electrons. The van der Waals surface area contributed by atoms with Crippen molar-refractivity contribution in [1.82, 2.24) is 10.3 Å². The zero-order valence-electron chi connectivity index (χ0n) is 8.81. The summed E-state index contributed by atoms with van der Waals surface area (Å²) in [6, 6.07) is 9.59. The highest BCUT2D eigenvalue weighted by atomic mass is 32.1. The van der Waals surface area contributed by atoms with Gasteiger partial charge in [-0.25, -0.2) is 0 Å². The van der Waals surface area contributed by atoms with Crippen molar-refractivity contribution >= 4 is 51.3 Å². The maximum Gasteiger partial charge on any atom is 0.177 e. The molecule has 0 amide bonds. The molecule has 0 aliphatic rings. The predicted molar refractivity (Wildman–Crippen MR) is 77.9 cm³/mol. The number of anilines is 1. The largest absolute Gasteiger partial charge is 0.376 e. The highest BCUT2D eigenvalue weighted by Crippen LogP contribution is 2.20. The topological polar surface area (TPSA) is 63.0 Å². The molecule has 0 bridgehead atoms. The van der Waals surface area contributed by atoms with Crippen molar-refractivity contribution in [3.05, 3.63) is 36.5 Å². The molecule has 0 fully saturated rings. The molecule has 2 rings (SSSR count). The fourth-order valence-corrected chi connectivity index (χ4v) is 1.86. The molecule has 0 saturated heterocycles. The zero-order chi connectivity index (χ0) is 12.3. The molecule has 4 N–H and O–H groups in total. The van der Waals surface area contributed by atoms with Crippen LogP contribution in [0.2, 0.25) is 0 Å². The Labute approximate surface area is 109 Å². The number of nitrogens with two attached hydrogens (primary N) is 1. The van der Waals surface area contributed by atoms with E-state index in [9.17, 15) is 0 Å². The SMILES string of the molecule is NC(=S)NC(=S)Nc1cccc2ncccc12. The number of fused-ring (bicyclic) bond motifs is 1. The first-order valence-corrected chi connectivity index (χ1v) is 5.69. The van der Waals surface area contributed by atoms with Crippen LogP contribution in [0.5, 0.6) is 0 Å². The first-order valence-electron chi connectivity index (χ1n) is 4.88. The summed E-state index contributed by atoms with van der Waals surface area (Å²) >= 11 is 9.78. The summed E-state index contributed by atoms with van der Waals surface area (Å²) < 4.78 is 0. The molecule has 0 unspecified atom stereocenters. The quantitative estimate of drug-likeness (QED) is 0.681. The first kappa shape index (κ1) is 11.7. The smallest absolute Gasteiger partial charge is 0.177 e. The number of aromatic nitrogens is 1. The van der Waals surface area contributed by atoms with Gasteiger partial charge in [0.1, 0.15) is 0 Å². The van der Waals surface area contributed by atoms with Crippen LogP contribution >= 0.6 is 24.4 Å². The van der Waals surface area contributed by atoms with Gasteiger partial charge in [-0.3, -0.25) is 4.98 Å². The minimum atomic E-state index is 0.140. The van der Waals surface area contributed by atoms with Crippen LogP contribution in [-0.2, 0) is 0 Å². The summed E-state index contributed by atoms with van der Waals surface area (Å²) in [4.78, 5) is 4.26. The van der Waals surface area contributed by atoms with Gasteiger partial charge >= 0.3 is 0 Å². The summed E-state index contributed by atoms with van der Waals surface area (Å²) in [5.41, 5.74) is 7.10. The molecule has 0 atom stereocenters. The first-order chi connectivity index (χ1) is 8.16. The Bertz CT molecular complexity index is 577. The standard InChI is InChI=1S/C11H10N4S2/c12-10(16)15-11(17)14-9-5-1-4-8-7(9)3-2-6-13-8/h1-6H,(H4,12,14,15,16,17). The van der Waals surface area contributed by atoms with Crippen molar-refractivity contribution in [1.29, 1.82) is 0 Å². The average Bonchev–Trinajstić information content (AvgIpc) is 2.28. The number of hydrogen-bond acceptors (Lipinski definition) is 3. The van der Waals surface area contributed by atoms with Crippen LogP contribution in [0, 0.1) is 0 Å². The summed E-state index contributed by atoms with van der Waals surface area (Å²) in [6.07, 6.45) is 1.75. The number of benzene rings is 1. The van der Waals surface area contributed by atoms with E-state index in [-0.39, 0.29) is 5.11 Å². The van der Waals surface area contributed by atoms with Crippen molar-refractivity contribution in [3.63, 3.8) is 0 Å². The van der Waals surface area contributed by atoms with E-state index >= 15 is 0 Å². The number of pyridine rings is 1. The maximum absolute atomic E-state index is 5.34. The third-order valence-electron chi connectivity index (χ3n) is 2.13. The van der Waals surface area contributed by atoms with Crippen molar-refractivity contribution < 1.29 is 0 Å². The number of thiocarbonyl (C=S) groups is 2. The summed E-state index contributed by atoms with van der Waals surface area (Å²) in [5.74, 6) is 0. The summed E-state index contributed by atoms with van der Waals surface area (Å²) in [7, 11) is 0. The highest BCUT2D eigenvalue weighted by Gasteiger charge is 2.03. The zero-order valence-corrected chi connectivity index (χ0v) is 10.4. The maximum atomic E-state index is 5.34. The molecule has 4 nitrogen and oxygen atoms in total. The van der Waals surface area contributed by atoms with E-state index in [2.05, 4.69) is 15.6 Å². The molecule has 6 heteroatoms. The molecule has 0 aliphatic carbocycles. The lowest BCUT2D eigenvalue weighted by Gasteiger charge is -2.10. The van der Waals surface area contributed by atoms with Crippen molar-refractivity contribution in [3.8, 4) is 0 Å². The molecule has 0 aliphatic heterocycles. The lowest BCUT2D eigenvalue weighted by Crippen LogP contribution is -2.37. The highest BCUT2D eigenvalue weighted by molar-refractivity contribution is 7.82. The Morgan fingerprint density at radius 2 is 2.00 bits per heavy atom. The second kappa shape index (κ2) is 5.03. The van der Waals surface area contributed by atoms with Crippen LogP contribution in [0.1, 0.15) is 0 Å². The van der Waals surface area contributed by atoms with Gasteiger partial charge in [0.2, 0.25) is 0 Å². The van der Waals surface area contributed by atoms with E-state index in [1.807, 2.05) is 30.3 Å². The molecule has 0 spiro atoms. The van der Waals surface area contributed by atoms with E-state index in [0.29, 0.717) is 5.11 Å². The third kappa shape index (κ3) is 2.86. The molecule has 1 heterocycles. The summed E-state index contributed by atoms with van der Waals surface area (Å²) in [5, 5.41) is 7.19. The second-order valence-electron chi connectivity index (χ2n) is 3.32. The van der Waals surface area contributed by atoms with Crippen LogP contribution < -0.4 is 16.4 Å². The van der Waals surface area contributed by atoms with Crippen molar-refractivity contribution in [2.24, 2.45) is 5.73 Å². The monoisotopic (exact) mass is 262 g/mol. The number of nitrogens with zero attached hydrogens (tertiary/aromatic N) is 1. The molecule has 1 aromatic heterocycles. The van der Waals surface area contributed by atoms with E-state index < -0.39 is 0 Å². The molecule has 1 aromatic carbocycles. The minimum absolute atomic E-state index is 0.140. The van der Waals surface area contributed by atoms with Gasteiger partial charge in [0.15, 0.2) is 10.2 Å². The van der Waals surface area contributed by atoms with Crippen LogP contribution in [0.15, 0.2) is 36.5 Å². The molecular weight excluding hydrogens is 252 g/mol. The Kier molecular flexibility index (Phi) is 3.46. The fraction of sp³-hybridized carbons (Fsp3) is 0. The van der Waals surface area contributed by atoms with Gasteiger partial charge in [-0.05, 0) is 48.7 Å². The van der Waals surface area contributed by atoms with E-state index in [4.69, 9.17) is 30.2 Å². The normalized spacial score (nSPS) is 9.88. The van der Waals surface area contributed by atoms with Gasteiger partial charge < -0.3 is 16.4 Å². The van der Waals surface area contributed by atoms with Crippen LogP contribution in [-0.4, -0.2) is 15.2 Å². The van der Waals surface area contributed by atoms with Crippen LogP contribution in [0.25, 0.3) is 10.9 Å².